The molecule has 0 bridgehead atoms. The number of sulfonamides is 1. The van der Waals surface area contributed by atoms with E-state index in [1.165, 1.54) is 30.3 Å². The van der Waals surface area contributed by atoms with E-state index in [1.807, 2.05) is 6.07 Å². The van der Waals surface area contributed by atoms with Gasteiger partial charge in [-0.2, -0.15) is 0 Å². The van der Waals surface area contributed by atoms with E-state index in [1.54, 1.807) is 36.4 Å². The minimum absolute atomic E-state index is 0.0243. The second-order valence-electron chi connectivity index (χ2n) is 5.55. The van der Waals surface area contributed by atoms with E-state index in [9.17, 15) is 13.2 Å². The Balaban J connectivity index is 1.76. The van der Waals surface area contributed by atoms with E-state index in [-0.39, 0.29) is 26.5 Å². The molecule has 0 saturated heterocycles. The molecular weight excluding hydrogens is 407 g/mol. The fraction of sp³-hybridized carbons (Fsp3) is 0. The Morgan fingerprint density at radius 3 is 2.15 bits per heavy atom. The van der Waals surface area contributed by atoms with E-state index in [0.29, 0.717) is 11.3 Å². The molecule has 0 aliphatic heterocycles. The Morgan fingerprint density at radius 2 is 1.48 bits per heavy atom. The first-order valence-electron chi connectivity index (χ1n) is 7.80. The molecule has 2 N–H and O–H groups in total. The maximum Gasteiger partial charge on any atom is 0.261 e. The van der Waals surface area contributed by atoms with E-state index < -0.39 is 10.0 Å². The van der Waals surface area contributed by atoms with Crippen LogP contribution in [0.1, 0.15) is 10.4 Å². The van der Waals surface area contributed by atoms with Gasteiger partial charge in [0.1, 0.15) is 0 Å². The van der Waals surface area contributed by atoms with Crippen molar-refractivity contribution in [3.8, 4) is 0 Å². The molecule has 0 fully saturated rings. The van der Waals surface area contributed by atoms with Crippen LogP contribution in [-0.2, 0) is 10.0 Å². The van der Waals surface area contributed by atoms with Crippen LogP contribution in [0.5, 0.6) is 0 Å². The van der Waals surface area contributed by atoms with Crippen LogP contribution in [0.25, 0.3) is 0 Å². The fourth-order valence-corrected chi connectivity index (χ4v) is 3.77. The second-order valence-corrected chi connectivity index (χ2v) is 8.02. The Morgan fingerprint density at radius 1 is 0.815 bits per heavy atom. The molecule has 0 radical (unpaired) electrons. The average molecular weight is 421 g/mol. The quantitative estimate of drug-likeness (QED) is 0.606. The Hall–Kier alpha value is -2.54. The number of carbonyl (C=O) groups is 1. The summed E-state index contributed by atoms with van der Waals surface area (Å²) in [6, 6.07) is 19.2. The summed E-state index contributed by atoms with van der Waals surface area (Å²) < 4.78 is 27.4. The number of rotatable bonds is 5. The van der Waals surface area contributed by atoms with Gasteiger partial charge >= 0.3 is 0 Å². The predicted octanol–water partition coefficient (Wildman–Crippen LogP) is 5.05. The highest BCUT2D eigenvalue weighted by Crippen LogP contribution is 2.31. The first-order chi connectivity index (χ1) is 12.9. The van der Waals surface area contributed by atoms with Gasteiger partial charge in [-0.05, 0) is 48.5 Å². The van der Waals surface area contributed by atoms with Gasteiger partial charge < -0.3 is 5.32 Å². The zero-order valence-electron chi connectivity index (χ0n) is 13.8. The minimum Gasteiger partial charge on any atom is -0.322 e. The number of hydrogen-bond acceptors (Lipinski definition) is 3. The van der Waals surface area contributed by atoms with Crippen molar-refractivity contribution in [2.24, 2.45) is 0 Å². The van der Waals surface area contributed by atoms with E-state index in [0.717, 1.165) is 0 Å². The largest absolute Gasteiger partial charge is 0.322 e. The number of amides is 1. The molecule has 0 saturated carbocycles. The normalized spacial score (nSPS) is 11.0. The summed E-state index contributed by atoms with van der Waals surface area (Å²) in [4.78, 5) is 12.2. The zero-order chi connectivity index (χ0) is 19.4. The van der Waals surface area contributed by atoms with Gasteiger partial charge in [0.2, 0.25) is 0 Å². The number of halogens is 2. The molecule has 0 spiro atoms. The van der Waals surface area contributed by atoms with Crippen molar-refractivity contribution in [1.29, 1.82) is 0 Å². The topological polar surface area (TPSA) is 75.3 Å². The molecule has 0 atom stereocenters. The van der Waals surface area contributed by atoms with Crippen molar-refractivity contribution in [2.45, 2.75) is 4.90 Å². The van der Waals surface area contributed by atoms with Gasteiger partial charge in [-0.1, -0.05) is 47.5 Å². The molecule has 0 aliphatic rings. The third-order valence-corrected chi connectivity index (χ3v) is 5.85. The van der Waals surface area contributed by atoms with E-state index in [2.05, 4.69) is 10.0 Å². The lowest BCUT2D eigenvalue weighted by Gasteiger charge is -2.11. The van der Waals surface area contributed by atoms with Crippen LogP contribution in [0.15, 0.2) is 77.7 Å². The molecule has 0 aliphatic carbocycles. The van der Waals surface area contributed by atoms with Gasteiger partial charge in [0.25, 0.3) is 15.9 Å². The molecule has 138 valence electrons. The highest BCUT2D eigenvalue weighted by Gasteiger charge is 2.17. The van der Waals surface area contributed by atoms with Gasteiger partial charge in [-0.15, -0.1) is 0 Å². The van der Waals surface area contributed by atoms with Crippen molar-refractivity contribution in [3.05, 3.63) is 88.4 Å². The SMILES string of the molecule is O=C(Nc1ccc(S(=O)(=O)Nc2cccc(Cl)c2Cl)cc1)c1ccccc1. The lowest BCUT2D eigenvalue weighted by molar-refractivity contribution is 0.102. The summed E-state index contributed by atoms with van der Waals surface area (Å²) in [6.07, 6.45) is 0. The van der Waals surface area contributed by atoms with Gasteiger partial charge in [0.15, 0.2) is 0 Å². The van der Waals surface area contributed by atoms with Crippen LogP contribution in [0, 0.1) is 0 Å². The monoisotopic (exact) mass is 420 g/mol. The first-order valence-corrected chi connectivity index (χ1v) is 10.0. The molecule has 8 heteroatoms. The standard InChI is InChI=1S/C19H14Cl2N2O3S/c20-16-7-4-8-17(18(16)21)23-27(25,26)15-11-9-14(10-12-15)22-19(24)13-5-2-1-3-6-13/h1-12,23H,(H,22,24). The second kappa shape index (κ2) is 8.00. The molecule has 3 rings (SSSR count). The van der Waals surface area contributed by atoms with Crippen molar-refractivity contribution in [2.75, 3.05) is 10.0 Å². The van der Waals surface area contributed by atoms with E-state index in [4.69, 9.17) is 23.2 Å². The molecular formula is C19H14Cl2N2O3S. The molecule has 3 aromatic carbocycles. The molecule has 5 nitrogen and oxygen atoms in total. The highest BCUT2D eigenvalue weighted by molar-refractivity contribution is 7.92. The van der Waals surface area contributed by atoms with Gasteiger partial charge in [0.05, 0.1) is 20.6 Å². The van der Waals surface area contributed by atoms with Crippen molar-refractivity contribution in [3.63, 3.8) is 0 Å². The van der Waals surface area contributed by atoms with Gasteiger partial charge in [-0.25, -0.2) is 8.42 Å². The maximum absolute atomic E-state index is 12.5. The average Bonchev–Trinajstić information content (AvgIpc) is 2.66. The molecule has 27 heavy (non-hydrogen) atoms. The lowest BCUT2D eigenvalue weighted by atomic mass is 10.2. The third kappa shape index (κ3) is 4.60. The Labute approximate surface area is 167 Å². The van der Waals surface area contributed by atoms with Crippen LogP contribution in [0.4, 0.5) is 11.4 Å². The molecule has 1 amide bonds. The van der Waals surface area contributed by atoms with Crippen LogP contribution >= 0.6 is 23.2 Å². The number of carbonyl (C=O) groups excluding carboxylic acids is 1. The summed E-state index contributed by atoms with van der Waals surface area (Å²) in [5, 5.41) is 3.08. The maximum atomic E-state index is 12.5. The molecule has 3 aromatic rings. The lowest BCUT2D eigenvalue weighted by Crippen LogP contribution is -2.14. The van der Waals surface area contributed by atoms with Crippen LogP contribution in [0.3, 0.4) is 0 Å². The number of nitrogens with one attached hydrogen (secondary N) is 2. The summed E-state index contributed by atoms with van der Waals surface area (Å²) >= 11 is 11.9. The van der Waals surface area contributed by atoms with Crippen molar-refractivity contribution in [1.82, 2.24) is 0 Å². The number of hydrogen-bond donors (Lipinski definition) is 2. The van der Waals surface area contributed by atoms with Crippen LogP contribution in [-0.4, -0.2) is 14.3 Å². The summed E-state index contributed by atoms with van der Waals surface area (Å²) in [5.41, 5.74) is 1.17. The summed E-state index contributed by atoms with van der Waals surface area (Å²) in [5.74, 6) is -0.282. The van der Waals surface area contributed by atoms with E-state index >= 15 is 0 Å². The minimum atomic E-state index is -3.86. The zero-order valence-corrected chi connectivity index (χ0v) is 16.1. The predicted molar refractivity (Wildman–Crippen MR) is 108 cm³/mol. The molecule has 0 heterocycles. The summed E-state index contributed by atoms with van der Waals surface area (Å²) in [6.45, 7) is 0. The van der Waals surface area contributed by atoms with Gasteiger partial charge in [-0.3, -0.25) is 9.52 Å². The van der Waals surface area contributed by atoms with Crippen molar-refractivity contribution >= 4 is 50.5 Å². The van der Waals surface area contributed by atoms with Gasteiger partial charge in [0, 0.05) is 11.3 Å². The number of benzene rings is 3. The third-order valence-electron chi connectivity index (χ3n) is 3.65. The van der Waals surface area contributed by atoms with Crippen LogP contribution < -0.4 is 10.0 Å². The smallest absolute Gasteiger partial charge is 0.261 e. The number of anilines is 2. The Kier molecular flexibility index (Phi) is 5.70. The van der Waals surface area contributed by atoms with Crippen molar-refractivity contribution < 1.29 is 13.2 Å². The summed E-state index contributed by atoms with van der Waals surface area (Å²) in [7, 11) is -3.86. The van der Waals surface area contributed by atoms with Crippen LogP contribution in [0.2, 0.25) is 10.0 Å². The Bertz CT molecular complexity index is 1070. The molecule has 0 aromatic heterocycles. The highest BCUT2D eigenvalue weighted by atomic mass is 35.5. The molecule has 0 unspecified atom stereocenters. The first kappa shape index (κ1) is 19.2. The fourth-order valence-electron chi connectivity index (χ4n) is 2.30.